The van der Waals surface area contributed by atoms with E-state index in [1.807, 2.05) is 29.2 Å². The van der Waals surface area contributed by atoms with Crippen LogP contribution >= 0.6 is 11.6 Å². The Morgan fingerprint density at radius 2 is 1.53 bits per heavy atom. The molecule has 3 aromatic carbocycles. The number of piperazine rings is 1. The number of rotatable bonds is 7. The normalized spacial score (nSPS) is 12.6. The highest BCUT2D eigenvalue weighted by Crippen LogP contribution is 2.31. The van der Waals surface area contributed by atoms with E-state index in [2.05, 4.69) is 11.6 Å². The standard InChI is InChI=1S/C31H30FN3O5.CH3Cl.H3N/c1-3-40-31(38)27-28(33-16-18-34(19-17-33)29(36)22-10-14-24(39-2)15-11-22)25-6-4-5-7-26(25)35(30(27)37)20-21-8-12-23(32)13-9-21;1-2;/h4-15H,3,16-20H2,1-2H3;1H3;1H3. The second-order valence-corrected chi connectivity index (χ2v) is 9.49. The third-order valence-corrected chi connectivity index (χ3v) is 7.10. The Bertz CT molecular complexity index is 1600. The van der Waals surface area contributed by atoms with Gasteiger partial charge < -0.3 is 30.0 Å². The van der Waals surface area contributed by atoms with Gasteiger partial charge in [-0.05, 0) is 55.0 Å². The molecule has 0 radical (unpaired) electrons. The molecular weight excluding hydrogens is 575 g/mol. The number of aromatic nitrogens is 1. The summed E-state index contributed by atoms with van der Waals surface area (Å²) in [4.78, 5) is 44.0. The van der Waals surface area contributed by atoms with Gasteiger partial charge in [-0.3, -0.25) is 9.59 Å². The van der Waals surface area contributed by atoms with Gasteiger partial charge in [-0.25, -0.2) is 9.18 Å². The molecule has 5 rings (SSSR count). The molecule has 3 N–H and O–H groups in total. The van der Waals surface area contributed by atoms with Crippen LogP contribution in [0, 0.1) is 5.82 Å². The first kappa shape index (κ1) is 33.1. The van der Waals surface area contributed by atoms with E-state index in [4.69, 9.17) is 9.47 Å². The average Bonchev–Trinajstić information content (AvgIpc) is 3.04. The number of methoxy groups -OCH3 is 1. The Balaban J connectivity index is 0.00000165. The van der Waals surface area contributed by atoms with Crippen molar-refractivity contribution < 1.29 is 23.5 Å². The molecule has 0 saturated carbocycles. The van der Waals surface area contributed by atoms with E-state index in [9.17, 15) is 18.8 Å². The zero-order valence-corrected chi connectivity index (χ0v) is 25.3. The molecule has 4 aromatic rings. The van der Waals surface area contributed by atoms with Crippen molar-refractivity contribution in [2.75, 3.05) is 51.2 Å². The van der Waals surface area contributed by atoms with Gasteiger partial charge in [0.2, 0.25) is 0 Å². The minimum absolute atomic E-state index is 0. The number of nitrogens with zero attached hydrogens (tertiary/aromatic N) is 3. The van der Waals surface area contributed by atoms with E-state index in [-0.39, 0.29) is 36.6 Å². The number of carbonyl (C=O) groups excluding carboxylic acids is 2. The van der Waals surface area contributed by atoms with Gasteiger partial charge in [0.05, 0.1) is 31.5 Å². The molecule has 0 bridgehead atoms. The zero-order valence-electron chi connectivity index (χ0n) is 24.5. The summed E-state index contributed by atoms with van der Waals surface area (Å²) in [7, 11) is 1.57. The van der Waals surface area contributed by atoms with Gasteiger partial charge in [0.15, 0.2) is 0 Å². The van der Waals surface area contributed by atoms with E-state index in [1.165, 1.54) is 23.1 Å². The summed E-state index contributed by atoms with van der Waals surface area (Å²) in [6.07, 6.45) is 1.47. The van der Waals surface area contributed by atoms with Gasteiger partial charge in [0, 0.05) is 43.5 Å². The highest BCUT2D eigenvalue weighted by molar-refractivity contribution is 6.15. The minimum Gasteiger partial charge on any atom is -0.497 e. The first-order valence-corrected chi connectivity index (χ1v) is 14.3. The van der Waals surface area contributed by atoms with Crippen molar-refractivity contribution in [3.8, 4) is 5.75 Å². The maximum absolute atomic E-state index is 13.9. The second-order valence-electron chi connectivity index (χ2n) is 9.49. The SMILES string of the molecule is CCOC(=O)c1c(N2CCN(C(=O)c3ccc(OC)cc3)CC2)c2ccccc2n(Cc2ccc(F)cc2)c1=O.CCl.N. The van der Waals surface area contributed by atoms with Crippen LogP contribution in [0.1, 0.15) is 33.2 Å². The predicted molar refractivity (Wildman–Crippen MR) is 168 cm³/mol. The number of benzene rings is 3. The van der Waals surface area contributed by atoms with E-state index < -0.39 is 11.5 Å². The molecule has 228 valence electrons. The number of ether oxygens (including phenoxy) is 2. The Morgan fingerprint density at radius 1 is 0.907 bits per heavy atom. The van der Waals surface area contributed by atoms with Crippen molar-refractivity contribution in [2.24, 2.45) is 0 Å². The van der Waals surface area contributed by atoms with Crippen LogP contribution in [0.2, 0.25) is 0 Å². The van der Waals surface area contributed by atoms with Crippen LogP contribution in [0.5, 0.6) is 5.75 Å². The van der Waals surface area contributed by atoms with Crippen molar-refractivity contribution in [1.82, 2.24) is 15.6 Å². The highest BCUT2D eigenvalue weighted by Gasteiger charge is 2.30. The summed E-state index contributed by atoms with van der Waals surface area (Å²) in [5.74, 6) is -0.479. The van der Waals surface area contributed by atoms with Crippen LogP contribution in [-0.4, -0.2) is 67.6 Å². The number of amides is 1. The molecule has 43 heavy (non-hydrogen) atoms. The molecular formula is C32H36ClFN4O5. The van der Waals surface area contributed by atoms with Crippen LogP contribution in [0.4, 0.5) is 10.1 Å². The third-order valence-electron chi connectivity index (χ3n) is 7.10. The number of anilines is 1. The Hall–Kier alpha value is -4.41. The van der Waals surface area contributed by atoms with Gasteiger partial charge in [0.25, 0.3) is 11.5 Å². The number of hydrogen-bond donors (Lipinski definition) is 1. The van der Waals surface area contributed by atoms with E-state index in [1.54, 1.807) is 55.3 Å². The van der Waals surface area contributed by atoms with E-state index in [0.717, 1.165) is 10.9 Å². The lowest BCUT2D eigenvalue weighted by molar-refractivity contribution is 0.0523. The smallest absolute Gasteiger partial charge is 0.345 e. The summed E-state index contributed by atoms with van der Waals surface area (Å²) >= 11 is 4.64. The molecule has 0 spiro atoms. The fourth-order valence-corrected chi connectivity index (χ4v) is 5.08. The van der Waals surface area contributed by atoms with Crippen LogP contribution in [-0.2, 0) is 11.3 Å². The first-order chi connectivity index (χ1) is 20.4. The van der Waals surface area contributed by atoms with Gasteiger partial charge in [0.1, 0.15) is 17.1 Å². The van der Waals surface area contributed by atoms with Crippen LogP contribution < -0.4 is 21.3 Å². The van der Waals surface area contributed by atoms with Crippen molar-refractivity contribution >= 4 is 40.1 Å². The van der Waals surface area contributed by atoms with Crippen LogP contribution in [0.25, 0.3) is 10.9 Å². The number of halogens is 2. The molecule has 1 saturated heterocycles. The first-order valence-electron chi connectivity index (χ1n) is 13.5. The molecule has 0 unspecified atom stereocenters. The van der Waals surface area contributed by atoms with Gasteiger partial charge >= 0.3 is 5.97 Å². The lowest BCUT2D eigenvalue weighted by Gasteiger charge is -2.37. The number of pyridine rings is 1. The van der Waals surface area contributed by atoms with Gasteiger partial charge in [-0.1, -0.05) is 30.3 Å². The summed E-state index contributed by atoms with van der Waals surface area (Å²) in [6, 6.07) is 20.3. The quantitative estimate of drug-likeness (QED) is 0.221. The summed E-state index contributed by atoms with van der Waals surface area (Å²) < 4.78 is 25.6. The number of esters is 1. The van der Waals surface area contributed by atoms with Gasteiger partial charge in [-0.15, -0.1) is 11.6 Å². The fourth-order valence-electron chi connectivity index (χ4n) is 5.08. The van der Waals surface area contributed by atoms with Crippen LogP contribution in [0.15, 0.2) is 77.6 Å². The van der Waals surface area contributed by atoms with Crippen LogP contribution in [0.3, 0.4) is 0 Å². The molecule has 0 aliphatic carbocycles. The largest absolute Gasteiger partial charge is 0.497 e. The van der Waals surface area contributed by atoms with Gasteiger partial charge in [-0.2, -0.15) is 0 Å². The molecule has 9 nitrogen and oxygen atoms in total. The van der Waals surface area contributed by atoms with Crippen molar-refractivity contribution in [3.05, 3.63) is 106 Å². The average molecular weight is 611 g/mol. The predicted octanol–water partition coefficient (Wildman–Crippen LogP) is 5.35. The molecule has 1 aromatic heterocycles. The van der Waals surface area contributed by atoms with E-state index >= 15 is 0 Å². The van der Waals surface area contributed by atoms with Crippen molar-refractivity contribution in [1.29, 1.82) is 0 Å². The topological polar surface area (TPSA) is 116 Å². The second kappa shape index (κ2) is 15.2. The molecule has 1 aliphatic rings. The number of fused-ring (bicyclic) bond motifs is 1. The zero-order chi connectivity index (χ0) is 30.2. The summed E-state index contributed by atoms with van der Waals surface area (Å²) in [6.45, 7) is 3.67. The Kier molecular flexibility index (Phi) is 11.7. The summed E-state index contributed by atoms with van der Waals surface area (Å²) in [5, 5.41) is 0.724. The lowest BCUT2D eigenvalue weighted by atomic mass is 10.0. The Labute approximate surface area is 255 Å². The summed E-state index contributed by atoms with van der Waals surface area (Å²) in [5.41, 5.74) is 1.92. The number of carbonyl (C=O) groups is 2. The third kappa shape index (κ3) is 7.15. The monoisotopic (exact) mass is 610 g/mol. The van der Waals surface area contributed by atoms with Crippen molar-refractivity contribution in [2.45, 2.75) is 13.5 Å². The molecule has 0 atom stereocenters. The molecule has 1 amide bonds. The molecule has 11 heteroatoms. The fraction of sp³-hybridized carbons (Fsp3) is 0.281. The number of alkyl halides is 1. The maximum atomic E-state index is 13.9. The van der Waals surface area contributed by atoms with E-state index in [0.29, 0.717) is 48.7 Å². The maximum Gasteiger partial charge on any atom is 0.345 e. The Morgan fingerprint density at radius 3 is 2.14 bits per heavy atom. The minimum atomic E-state index is -0.696. The van der Waals surface area contributed by atoms with Crippen molar-refractivity contribution in [3.63, 3.8) is 0 Å². The number of hydrogen-bond acceptors (Lipinski definition) is 7. The molecule has 1 aliphatic heterocycles. The lowest BCUT2D eigenvalue weighted by Crippen LogP contribution is -2.49. The molecule has 1 fully saturated rings. The number of para-hydroxylation sites is 1. The molecule has 2 heterocycles. The highest BCUT2D eigenvalue weighted by atomic mass is 35.5.